The molecular weight excluding hydrogens is 210 g/mol. The van der Waals surface area contributed by atoms with E-state index in [9.17, 15) is 0 Å². The third kappa shape index (κ3) is 3.94. The Morgan fingerprint density at radius 3 is 2.12 bits per heavy atom. The Kier molecular flexibility index (Phi) is 4.11. The molecule has 1 atom stereocenters. The topological polar surface area (TPSA) is 32.5 Å². The fraction of sp³-hybridized carbons (Fsp3) is 1.00. The highest BCUT2D eigenvalue weighted by molar-refractivity contribution is 4.97. The fourth-order valence-electron chi connectivity index (χ4n) is 3.00. The van der Waals surface area contributed by atoms with Gasteiger partial charge in [-0.2, -0.15) is 0 Å². The van der Waals surface area contributed by atoms with Crippen LogP contribution in [0.2, 0.25) is 0 Å². The lowest BCUT2D eigenvalue weighted by molar-refractivity contribution is 0.101. The minimum atomic E-state index is 0.0558. The van der Waals surface area contributed by atoms with Crippen molar-refractivity contribution < 1.29 is 0 Å². The molecule has 2 rings (SSSR count). The molecular formula is C14H29N3. The molecule has 1 aliphatic carbocycles. The Balaban J connectivity index is 1.71. The number of nitrogens with two attached hydrogens (primary N) is 1. The van der Waals surface area contributed by atoms with Gasteiger partial charge in [0.05, 0.1) is 0 Å². The standard InChI is InChI=1S/C14H29N3/c1-12(2)10-16-6-8-17(9-7-16)11-14(3,15)13-4-5-13/h12-13H,4-11,15H2,1-3H3. The van der Waals surface area contributed by atoms with Gasteiger partial charge < -0.3 is 10.6 Å². The molecule has 2 N–H and O–H groups in total. The van der Waals surface area contributed by atoms with Crippen LogP contribution in [-0.2, 0) is 0 Å². The van der Waals surface area contributed by atoms with Gasteiger partial charge in [0.25, 0.3) is 0 Å². The van der Waals surface area contributed by atoms with E-state index >= 15 is 0 Å². The van der Waals surface area contributed by atoms with Crippen LogP contribution in [0.5, 0.6) is 0 Å². The zero-order chi connectivity index (χ0) is 12.5. The zero-order valence-corrected chi connectivity index (χ0v) is 11.8. The molecule has 0 aromatic rings. The molecule has 1 saturated heterocycles. The van der Waals surface area contributed by atoms with E-state index in [0.29, 0.717) is 0 Å². The molecule has 17 heavy (non-hydrogen) atoms. The summed E-state index contributed by atoms with van der Waals surface area (Å²) in [6, 6.07) is 0. The first-order valence-electron chi connectivity index (χ1n) is 7.21. The van der Waals surface area contributed by atoms with E-state index in [1.165, 1.54) is 45.6 Å². The van der Waals surface area contributed by atoms with Crippen LogP contribution in [0.4, 0.5) is 0 Å². The van der Waals surface area contributed by atoms with Gasteiger partial charge in [-0.25, -0.2) is 0 Å². The number of nitrogens with zero attached hydrogens (tertiary/aromatic N) is 2. The van der Waals surface area contributed by atoms with E-state index in [2.05, 4.69) is 30.6 Å². The molecule has 0 spiro atoms. The number of rotatable bonds is 5. The van der Waals surface area contributed by atoms with Gasteiger partial charge in [-0.05, 0) is 31.6 Å². The molecule has 2 fully saturated rings. The Labute approximate surface area is 106 Å². The van der Waals surface area contributed by atoms with E-state index in [4.69, 9.17) is 5.73 Å². The van der Waals surface area contributed by atoms with Gasteiger partial charge in [0.15, 0.2) is 0 Å². The van der Waals surface area contributed by atoms with Gasteiger partial charge in [-0.15, -0.1) is 0 Å². The van der Waals surface area contributed by atoms with E-state index in [1.54, 1.807) is 0 Å². The van der Waals surface area contributed by atoms with Gasteiger partial charge >= 0.3 is 0 Å². The monoisotopic (exact) mass is 239 g/mol. The second-order valence-electron chi connectivity index (χ2n) is 6.75. The van der Waals surface area contributed by atoms with Gasteiger partial charge in [0.1, 0.15) is 0 Å². The Morgan fingerprint density at radius 2 is 1.65 bits per heavy atom. The first-order valence-corrected chi connectivity index (χ1v) is 7.21. The third-order valence-electron chi connectivity index (χ3n) is 4.16. The van der Waals surface area contributed by atoms with Crippen LogP contribution >= 0.6 is 0 Å². The van der Waals surface area contributed by atoms with E-state index in [1.807, 2.05) is 0 Å². The minimum Gasteiger partial charge on any atom is -0.324 e. The molecule has 0 radical (unpaired) electrons. The average Bonchev–Trinajstić information content (AvgIpc) is 3.03. The summed E-state index contributed by atoms with van der Waals surface area (Å²) in [4.78, 5) is 5.15. The molecule has 0 amide bonds. The Hall–Kier alpha value is -0.120. The molecule has 3 heteroatoms. The quantitative estimate of drug-likeness (QED) is 0.787. The largest absolute Gasteiger partial charge is 0.324 e. The summed E-state index contributed by atoms with van der Waals surface area (Å²) in [5, 5.41) is 0. The highest BCUT2D eigenvalue weighted by Crippen LogP contribution is 2.38. The Bertz CT molecular complexity index is 238. The summed E-state index contributed by atoms with van der Waals surface area (Å²) in [6.45, 7) is 14.0. The molecule has 0 bridgehead atoms. The van der Waals surface area contributed by atoms with Crippen LogP contribution in [0.1, 0.15) is 33.6 Å². The summed E-state index contributed by atoms with van der Waals surface area (Å²) in [5.41, 5.74) is 6.47. The van der Waals surface area contributed by atoms with Crippen LogP contribution in [0.25, 0.3) is 0 Å². The summed E-state index contributed by atoms with van der Waals surface area (Å²) >= 11 is 0. The highest BCUT2D eigenvalue weighted by atomic mass is 15.3. The summed E-state index contributed by atoms with van der Waals surface area (Å²) in [6.07, 6.45) is 2.70. The van der Waals surface area contributed by atoms with Crippen LogP contribution in [0, 0.1) is 11.8 Å². The highest BCUT2D eigenvalue weighted by Gasteiger charge is 2.39. The number of hydrogen-bond donors (Lipinski definition) is 1. The second kappa shape index (κ2) is 5.25. The van der Waals surface area contributed by atoms with Crippen LogP contribution in [0.3, 0.4) is 0 Å². The van der Waals surface area contributed by atoms with Crippen molar-refractivity contribution in [2.24, 2.45) is 17.6 Å². The van der Waals surface area contributed by atoms with Gasteiger partial charge in [-0.1, -0.05) is 13.8 Å². The van der Waals surface area contributed by atoms with Crippen molar-refractivity contribution in [3.05, 3.63) is 0 Å². The summed E-state index contributed by atoms with van der Waals surface area (Å²) in [7, 11) is 0. The van der Waals surface area contributed by atoms with Crippen molar-refractivity contribution in [3.63, 3.8) is 0 Å². The van der Waals surface area contributed by atoms with Crippen molar-refractivity contribution in [1.29, 1.82) is 0 Å². The lowest BCUT2D eigenvalue weighted by Crippen LogP contribution is -2.55. The lowest BCUT2D eigenvalue weighted by atomic mass is 9.96. The van der Waals surface area contributed by atoms with Crippen LogP contribution < -0.4 is 5.73 Å². The average molecular weight is 239 g/mol. The SMILES string of the molecule is CC(C)CN1CCN(CC(C)(N)C2CC2)CC1. The molecule has 0 aromatic heterocycles. The first kappa shape index (κ1) is 13.3. The van der Waals surface area contributed by atoms with Crippen molar-refractivity contribution >= 4 is 0 Å². The summed E-state index contributed by atoms with van der Waals surface area (Å²) in [5.74, 6) is 1.57. The predicted octanol–water partition coefficient (Wildman–Crippen LogP) is 1.39. The molecule has 3 nitrogen and oxygen atoms in total. The molecule has 100 valence electrons. The van der Waals surface area contributed by atoms with E-state index in [-0.39, 0.29) is 5.54 Å². The van der Waals surface area contributed by atoms with Crippen molar-refractivity contribution in [2.45, 2.75) is 39.2 Å². The van der Waals surface area contributed by atoms with E-state index < -0.39 is 0 Å². The van der Waals surface area contributed by atoms with Crippen LogP contribution in [0.15, 0.2) is 0 Å². The van der Waals surface area contributed by atoms with E-state index in [0.717, 1.165) is 18.4 Å². The van der Waals surface area contributed by atoms with Crippen molar-refractivity contribution in [1.82, 2.24) is 9.80 Å². The molecule has 0 aromatic carbocycles. The van der Waals surface area contributed by atoms with Crippen LogP contribution in [-0.4, -0.2) is 54.6 Å². The lowest BCUT2D eigenvalue weighted by Gasteiger charge is -2.39. The maximum absolute atomic E-state index is 6.41. The smallest absolute Gasteiger partial charge is 0.0283 e. The third-order valence-corrected chi connectivity index (χ3v) is 4.16. The normalized spacial score (nSPS) is 27.4. The molecule has 1 unspecified atom stereocenters. The maximum Gasteiger partial charge on any atom is 0.0283 e. The Morgan fingerprint density at radius 1 is 1.12 bits per heavy atom. The fourth-order valence-corrected chi connectivity index (χ4v) is 3.00. The zero-order valence-electron chi connectivity index (χ0n) is 11.8. The van der Waals surface area contributed by atoms with Gasteiger partial charge in [0, 0.05) is 44.8 Å². The van der Waals surface area contributed by atoms with Gasteiger partial charge in [0.2, 0.25) is 0 Å². The second-order valence-corrected chi connectivity index (χ2v) is 6.75. The maximum atomic E-state index is 6.41. The van der Waals surface area contributed by atoms with Crippen molar-refractivity contribution in [2.75, 3.05) is 39.3 Å². The molecule has 1 saturated carbocycles. The predicted molar refractivity (Wildman–Crippen MR) is 73.0 cm³/mol. The molecule has 1 aliphatic heterocycles. The summed E-state index contributed by atoms with van der Waals surface area (Å²) < 4.78 is 0. The van der Waals surface area contributed by atoms with Gasteiger partial charge in [-0.3, -0.25) is 4.90 Å². The molecule has 2 aliphatic rings. The number of piperazine rings is 1. The molecule has 1 heterocycles. The first-order chi connectivity index (χ1) is 7.97. The minimum absolute atomic E-state index is 0.0558. The van der Waals surface area contributed by atoms with Crippen molar-refractivity contribution in [3.8, 4) is 0 Å². The number of hydrogen-bond acceptors (Lipinski definition) is 3.